The number of thiocarbonyl (C=S) groups is 1. The molecule has 1 nitrogen and oxygen atoms in total. The molecule has 0 N–H and O–H groups in total. The first-order valence-corrected chi connectivity index (χ1v) is 4.36. The summed E-state index contributed by atoms with van der Waals surface area (Å²) < 4.78 is 5.05. The van der Waals surface area contributed by atoms with Crippen molar-refractivity contribution in [2.24, 2.45) is 5.41 Å². The first kappa shape index (κ1) is 8.28. The average molecular weight is 179 g/mol. The highest BCUT2D eigenvalue weighted by molar-refractivity contribution is 7.80. The van der Waals surface area contributed by atoms with Crippen molar-refractivity contribution < 1.29 is 4.74 Å². The molecule has 1 rings (SSSR count). The molecule has 0 radical (unpaired) electrons. The molecule has 0 aromatic heterocycles. The summed E-state index contributed by atoms with van der Waals surface area (Å²) in [4.78, 5) is 0. The molecule has 10 heavy (non-hydrogen) atoms. The maximum Gasteiger partial charge on any atom is 0.167 e. The molecular weight excluding hydrogens is 168 g/mol. The third-order valence-electron chi connectivity index (χ3n) is 2.14. The second-order valence-electron chi connectivity index (χ2n) is 2.96. The topological polar surface area (TPSA) is 9.23 Å². The van der Waals surface area contributed by atoms with E-state index in [-0.39, 0.29) is 11.5 Å². The van der Waals surface area contributed by atoms with Gasteiger partial charge in [0, 0.05) is 5.41 Å². The SMILES string of the molecule is CC1(C(=S)OCCl)CCC1. The largest absolute Gasteiger partial charge is 0.471 e. The third-order valence-corrected chi connectivity index (χ3v) is 2.86. The summed E-state index contributed by atoms with van der Waals surface area (Å²) in [5, 5.41) is 0.689. The van der Waals surface area contributed by atoms with Crippen LogP contribution in [0.2, 0.25) is 0 Å². The lowest BCUT2D eigenvalue weighted by molar-refractivity contribution is 0.206. The summed E-state index contributed by atoms with van der Waals surface area (Å²) in [7, 11) is 0. The maximum atomic E-state index is 5.37. The fourth-order valence-corrected chi connectivity index (χ4v) is 1.57. The van der Waals surface area contributed by atoms with Gasteiger partial charge < -0.3 is 4.74 Å². The van der Waals surface area contributed by atoms with Crippen molar-refractivity contribution >= 4 is 28.9 Å². The number of rotatable bonds is 2. The second kappa shape index (κ2) is 3.05. The molecule has 1 saturated carbocycles. The van der Waals surface area contributed by atoms with Gasteiger partial charge in [-0.05, 0) is 25.1 Å². The van der Waals surface area contributed by atoms with Crippen LogP contribution >= 0.6 is 23.8 Å². The molecule has 0 unspecified atom stereocenters. The molecule has 0 amide bonds. The predicted octanol–water partition coefficient (Wildman–Crippen LogP) is 2.72. The Kier molecular flexibility index (Phi) is 2.53. The molecule has 0 aromatic carbocycles. The Labute approximate surface area is 71.7 Å². The molecular formula is C7H11ClOS. The van der Waals surface area contributed by atoms with E-state index in [9.17, 15) is 0 Å². The minimum absolute atomic E-state index is 0.157. The van der Waals surface area contributed by atoms with Crippen molar-refractivity contribution in [3.8, 4) is 0 Å². The molecule has 0 atom stereocenters. The zero-order valence-electron chi connectivity index (χ0n) is 6.02. The fourth-order valence-electron chi connectivity index (χ4n) is 1.14. The maximum absolute atomic E-state index is 5.37. The van der Waals surface area contributed by atoms with E-state index in [1.54, 1.807) is 0 Å². The van der Waals surface area contributed by atoms with E-state index in [1.165, 1.54) is 6.42 Å². The van der Waals surface area contributed by atoms with E-state index in [0.717, 1.165) is 12.8 Å². The van der Waals surface area contributed by atoms with Crippen LogP contribution in [0.3, 0.4) is 0 Å². The molecule has 1 aliphatic rings. The Morgan fingerprint density at radius 1 is 1.70 bits per heavy atom. The summed E-state index contributed by atoms with van der Waals surface area (Å²) in [6.45, 7) is 2.13. The highest BCUT2D eigenvalue weighted by Gasteiger charge is 2.37. The molecule has 0 saturated heterocycles. The van der Waals surface area contributed by atoms with Gasteiger partial charge in [0.15, 0.2) is 11.1 Å². The molecule has 1 fully saturated rings. The van der Waals surface area contributed by atoms with E-state index in [0.29, 0.717) is 5.05 Å². The van der Waals surface area contributed by atoms with Crippen LogP contribution in [-0.4, -0.2) is 11.1 Å². The smallest absolute Gasteiger partial charge is 0.167 e. The first-order chi connectivity index (χ1) is 4.69. The van der Waals surface area contributed by atoms with Gasteiger partial charge in [0.05, 0.1) is 0 Å². The van der Waals surface area contributed by atoms with Crippen LogP contribution in [0.25, 0.3) is 0 Å². The predicted molar refractivity (Wildman–Crippen MR) is 46.4 cm³/mol. The molecule has 0 aliphatic heterocycles. The summed E-state index contributed by atoms with van der Waals surface area (Å²) in [5.41, 5.74) is 0.157. The van der Waals surface area contributed by atoms with E-state index < -0.39 is 0 Å². The van der Waals surface area contributed by atoms with Gasteiger partial charge in [0.1, 0.15) is 0 Å². The number of ether oxygens (including phenoxy) is 1. The third kappa shape index (κ3) is 1.43. The standard InChI is InChI=1S/C7H11ClOS/c1-7(3-2-4-7)6(10)9-5-8/h2-5H2,1H3. The van der Waals surface area contributed by atoms with Crippen molar-refractivity contribution in [2.45, 2.75) is 26.2 Å². The molecule has 58 valence electrons. The Hall–Kier alpha value is 0.180. The van der Waals surface area contributed by atoms with Crippen molar-refractivity contribution in [3.63, 3.8) is 0 Å². The Bertz CT molecular complexity index is 143. The monoisotopic (exact) mass is 178 g/mol. The highest BCUT2D eigenvalue weighted by atomic mass is 35.5. The van der Waals surface area contributed by atoms with E-state index in [4.69, 9.17) is 28.6 Å². The lowest BCUT2D eigenvalue weighted by Crippen LogP contribution is -2.34. The van der Waals surface area contributed by atoms with Crippen molar-refractivity contribution in [2.75, 3.05) is 6.07 Å². The van der Waals surface area contributed by atoms with Gasteiger partial charge in [-0.3, -0.25) is 0 Å². The first-order valence-electron chi connectivity index (χ1n) is 3.42. The number of halogens is 1. The lowest BCUT2D eigenvalue weighted by atomic mass is 9.71. The van der Waals surface area contributed by atoms with Gasteiger partial charge in [-0.25, -0.2) is 0 Å². The van der Waals surface area contributed by atoms with Crippen LogP contribution in [0, 0.1) is 5.41 Å². The molecule has 0 spiro atoms. The minimum atomic E-state index is 0.157. The van der Waals surface area contributed by atoms with Crippen LogP contribution < -0.4 is 0 Å². The van der Waals surface area contributed by atoms with Crippen LogP contribution in [0.15, 0.2) is 0 Å². The normalized spacial score (nSPS) is 21.4. The summed E-state index contributed by atoms with van der Waals surface area (Å²) in [6, 6.07) is 0.189. The average Bonchev–Trinajstić information content (AvgIpc) is 1.83. The summed E-state index contributed by atoms with van der Waals surface area (Å²) >= 11 is 10.4. The molecule has 3 heteroatoms. The van der Waals surface area contributed by atoms with Crippen LogP contribution in [-0.2, 0) is 4.74 Å². The van der Waals surface area contributed by atoms with Crippen LogP contribution in [0.5, 0.6) is 0 Å². The number of alkyl halides is 1. The van der Waals surface area contributed by atoms with E-state index >= 15 is 0 Å². The number of hydrogen-bond acceptors (Lipinski definition) is 2. The van der Waals surface area contributed by atoms with E-state index in [1.807, 2.05) is 0 Å². The minimum Gasteiger partial charge on any atom is -0.471 e. The van der Waals surface area contributed by atoms with Crippen molar-refractivity contribution in [1.29, 1.82) is 0 Å². The van der Waals surface area contributed by atoms with Gasteiger partial charge in [0.2, 0.25) is 0 Å². The zero-order chi connectivity index (χ0) is 7.61. The van der Waals surface area contributed by atoms with Gasteiger partial charge in [-0.1, -0.05) is 24.9 Å². The van der Waals surface area contributed by atoms with Crippen LogP contribution in [0.1, 0.15) is 26.2 Å². The van der Waals surface area contributed by atoms with Crippen LogP contribution in [0.4, 0.5) is 0 Å². The quantitative estimate of drug-likeness (QED) is 0.475. The molecule has 0 bridgehead atoms. The fraction of sp³-hybridized carbons (Fsp3) is 0.857. The summed E-state index contributed by atoms with van der Waals surface area (Å²) in [6.07, 6.45) is 3.58. The zero-order valence-corrected chi connectivity index (χ0v) is 7.60. The molecule has 1 aliphatic carbocycles. The van der Waals surface area contributed by atoms with Gasteiger partial charge in [-0.15, -0.1) is 0 Å². The Morgan fingerprint density at radius 2 is 2.30 bits per heavy atom. The van der Waals surface area contributed by atoms with Crippen molar-refractivity contribution in [3.05, 3.63) is 0 Å². The van der Waals surface area contributed by atoms with Crippen molar-refractivity contribution in [1.82, 2.24) is 0 Å². The summed E-state index contributed by atoms with van der Waals surface area (Å²) in [5.74, 6) is 0. The molecule has 0 heterocycles. The second-order valence-corrected chi connectivity index (χ2v) is 3.54. The lowest BCUT2D eigenvalue weighted by Gasteiger charge is -2.37. The van der Waals surface area contributed by atoms with Gasteiger partial charge in [-0.2, -0.15) is 0 Å². The highest BCUT2D eigenvalue weighted by Crippen LogP contribution is 2.42. The van der Waals surface area contributed by atoms with Gasteiger partial charge >= 0.3 is 0 Å². The Balaban J connectivity index is 2.39. The number of hydrogen-bond donors (Lipinski definition) is 0. The van der Waals surface area contributed by atoms with Gasteiger partial charge in [0.25, 0.3) is 0 Å². The molecule has 0 aromatic rings. The Morgan fingerprint density at radius 3 is 2.60 bits per heavy atom. The van der Waals surface area contributed by atoms with E-state index in [2.05, 4.69) is 6.92 Å².